The van der Waals surface area contributed by atoms with Gasteiger partial charge in [-0.05, 0) is 26.7 Å². The second kappa shape index (κ2) is 4.93. The molecule has 1 fully saturated rings. The SMILES string of the molecule is Cc1ncsc1CNC(C)C(=O)NC1CC1. The summed E-state index contributed by atoms with van der Waals surface area (Å²) in [6.45, 7) is 4.60. The van der Waals surface area contributed by atoms with Gasteiger partial charge in [0.1, 0.15) is 0 Å². The van der Waals surface area contributed by atoms with E-state index in [1.165, 1.54) is 4.88 Å². The number of amides is 1. The van der Waals surface area contributed by atoms with E-state index in [1.807, 2.05) is 19.4 Å². The summed E-state index contributed by atoms with van der Waals surface area (Å²) < 4.78 is 0. The first-order valence-corrected chi connectivity index (χ1v) is 6.47. The van der Waals surface area contributed by atoms with Crippen LogP contribution in [0.4, 0.5) is 0 Å². The maximum absolute atomic E-state index is 11.7. The average Bonchev–Trinajstić information content (AvgIpc) is 2.97. The molecule has 0 aromatic carbocycles. The van der Waals surface area contributed by atoms with Gasteiger partial charge in [-0.2, -0.15) is 0 Å². The first-order chi connectivity index (χ1) is 7.66. The van der Waals surface area contributed by atoms with Crippen LogP contribution in [0, 0.1) is 6.92 Å². The molecule has 1 unspecified atom stereocenters. The van der Waals surface area contributed by atoms with Crippen molar-refractivity contribution in [2.75, 3.05) is 0 Å². The Morgan fingerprint density at radius 1 is 1.69 bits per heavy atom. The molecule has 1 aromatic rings. The van der Waals surface area contributed by atoms with Crippen LogP contribution in [-0.4, -0.2) is 23.0 Å². The number of carbonyl (C=O) groups is 1. The van der Waals surface area contributed by atoms with Gasteiger partial charge in [-0.25, -0.2) is 4.98 Å². The van der Waals surface area contributed by atoms with Crippen LogP contribution in [0.25, 0.3) is 0 Å². The minimum atomic E-state index is -0.137. The Hall–Kier alpha value is -0.940. The van der Waals surface area contributed by atoms with Gasteiger partial charge in [-0.15, -0.1) is 11.3 Å². The van der Waals surface area contributed by atoms with Crippen molar-refractivity contribution < 1.29 is 4.79 Å². The first-order valence-electron chi connectivity index (χ1n) is 5.59. The monoisotopic (exact) mass is 239 g/mol. The predicted octanol–water partition coefficient (Wildman–Crippen LogP) is 1.21. The van der Waals surface area contributed by atoms with E-state index >= 15 is 0 Å². The minimum absolute atomic E-state index is 0.102. The van der Waals surface area contributed by atoms with Crippen molar-refractivity contribution in [2.45, 2.75) is 45.3 Å². The average molecular weight is 239 g/mol. The van der Waals surface area contributed by atoms with Gasteiger partial charge in [-0.3, -0.25) is 4.79 Å². The number of nitrogens with zero attached hydrogens (tertiary/aromatic N) is 1. The highest BCUT2D eigenvalue weighted by molar-refractivity contribution is 7.09. The van der Waals surface area contributed by atoms with Gasteiger partial charge < -0.3 is 10.6 Å². The van der Waals surface area contributed by atoms with Gasteiger partial charge in [0.25, 0.3) is 0 Å². The second-order valence-electron chi connectivity index (χ2n) is 4.25. The van der Waals surface area contributed by atoms with Gasteiger partial charge >= 0.3 is 0 Å². The third kappa shape index (κ3) is 3.02. The van der Waals surface area contributed by atoms with E-state index in [0.717, 1.165) is 25.1 Å². The lowest BCUT2D eigenvalue weighted by atomic mass is 10.3. The number of thiazole rings is 1. The molecule has 4 nitrogen and oxygen atoms in total. The lowest BCUT2D eigenvalue weighted by molar-refractivity contribution is -0.122. The summed E-state index contributed by atoms with van der Waals surface area (Å²) in [4.78, 5) is 17.0. The number of carbonyl (C=O) groups excluding carboxylic acids is 1. The molecular formula is C11H17N3OS. The van der Waals surface area contributed by atoms with Crippen LogP contribution < -0.4 is 10.6 Å². The van der Waals surface area contributed by atoms with Crippen molar-refractivity contribution >= 4 is 17.2 Å². The molecule has 1 amide bonds. The molecule has 0 spiro atoms. The highest BCUT2D eigenvalue weighted by Crippen LogP contribution is 2.18. The number of aromatic nitrogens is 1. The number of nitrogens with one attached hydrogen (secondary N) is 2. The topological polar surface area (TPSA) is 54.0 Å². The lowest BCUT2D eigenvalue weighted by Crippen LogP contribution is -2.42. The third-order valence-corrected chi connectivity index (χ3v) is 3.67. The third-order valence-electron chi connectivity index (χ3n) is 2.73. The molecule has 0 radical (unpaired) electrons. The van der Waals surface area contributed by atoms with Gasteiger partial charge in [0.15, 0.2) is 0 Å². The fourth-order valence-electron chi connectivity index (χ4n) is 1.39. The van der Waals surface area contributed by atoms with E-state index in [1.54, 1.807) is 11.3 Å². The molecule has 1 aromatic heterocycles. The zero-order chi connectivity index (χ0) is 11.5. The maximum Gasteiger partial charge on any atom is 0.237 e. The fourth-order valence-corrected chi connectivity index (χ4v) is 2.12. The molecule has 1 aliphatic carbocycles. The normalized spacial score (nSPS) is 17.1. The molecule has 0 bridgehead atoms. The van der Waals surface area contributed by atoms with Crippen molar-refractivity contribution in [2.24, 2.45) is 0 Å². The van der Waals surface area contributed by atoms with Gasteiger partial charge in [0, 0.05) is 17.5 Å². The quantitative estimate of drug-likeness (QED) is 0.812. The Morgan fingerprint density at radius 2 is 2.44 bits per heavy atom. The van der Waals surface area contributed by atoms with Crippen molar-refractivity contribution in [3.8, 4) is 0 Å². The molecule has 88 valence electrons. The van der Waals surface area contributed by atoms with Crippen molar-refractivity contribution in [1.29, 1.82) is 0 Å². The molecule has 16 heavy (non-hydrogen) atoms. The summed E-state index contributed by atoms with van der Waals surface area (Å²) in [6, 6.07) is 0.295. The molecule has 1 saturated carbocycles. The van der Waals surface area contributed by atoms with E-state index in [2.05, 4.69) is 15.6 Å². The van der Waals surface area contributed by atoms with Gasteiger partial charge in [0.05, 0.1) is 17.2 Å². The molecule has 5 heteroatoms. The Kier molecular flexibility index (Phi) is 3.56. The summed E-state index contributed by atoms with van der Waals surface area (Å²) in [6.07, 6.45) is 2.26. The summed E-state index contributed by atoms with van der Waals surface area (Å²) >= 11 is 1.62. The summed E-state index contributed by atoms with van der Waals surface area (Å²) in [5, 5.41) is 6.20. The molecule has 2 N–H and O–H groups in total. The van der Waals surface area contributed by atoms with Crippen molar-refractivity contribution in [1.82, 2.24) is 15.6 Å². The number of hydrogen-bond donors (Lipinski definition) is 2. The summed E-state index contributed by atoms with van der Waals surface area (Å²) in [5.41, 5.74) is 2.88. The van der Waals surface area contributed by atoms with Crippen LogP contribution in [0.1, 0.15) is 30.3 Å². The smallest absolute Gasteiger partial charge is 0.237 e. The molecule has 1 aliphatic rings. The number of hydrogen-bond acceptors (Lipinski definition) is 4. The van der Waals surface area contributed by atoms with Crippen LogP contribution in [0.15, 0.2) is 5.51 Å². The minimum Gasteiger partial charge on any atom is -0.352 e. The Balaban J connectivity index is 1.76. The Morgan fingerprint density at radius 3 is 3.00 bits per heavy atom. The van der Waals surface area contributed by atoms with E-state index in [9.17, 15) is 4.79 Å². The molecule has 2 rings (SSSR count). The zero-order valence-electron chi connectivity index (χ0n) is 9.62. The highest BCUT2D eigenvalue weighted by Gasteiger charge is 2.25. The number of aryl methyl sites for hydroxylation is 1. The Bertz CT molecular complexity index is 373. The summed E-state index contributed by atoms with van der Waals surface area (Å²) in [7, 11) is 0. The largest absolute Gasteiger partial charge is 0.352 e. The molecule has 1 heterocycles. The van der Waals surface area contributed by atoms with E-state index in [-0.39, 0.29) is 11.9 Å². The first kappa shape index (κ1) is 11.5. The molecule has 1 atom stereocenters. The van der Waals surface area contributed by atoms with Crippen molar-refractivity contribution in [3.05, 3.63) is 16.1 Å². The van der Waals surface area contributed by atoms with Crippen LogP contribution in [0.5, 0.6) is 0 Å². The van der Waals surface area contributed by atoms with Crippen molar-refractivity contribution in [3.63, 3.8) is 0 Å². The fraction of sp³-hybridized carbons (Fsp3) is 0.636. The Labute approximate surface area is 99.5 Å². The van der Waals surface area contributed by atoms with E-state index in [0.29, 0.717) is 6.04 Å². The van der Waals surface area contributed by atoms with E-state index in [4.69, 9.17) is 0 Å². The van der Waals surface area contributed by atoms with Crippen LogP contribution >= 0.6 is 11.3 Å². The zero-order valence-corrected chi connectivity index (χ0v) is 10.4. The highest BCUT2D eigenvalue weighted by atomic mass is 32.1. The maximum atomic E-state index is 11.7. The predicted molar refractivity (Wildman–Crippen MR) is 64.3 cm³/mol. The molecular weight excluding hydrogens is 222 g/mol. The van der Waals surface area contributed by atoms with Gasteiger partial charge in [0.2, 0.25) is 5.91 Å². The standard InChI is InChI=1S/C11H17N3OS/c1-7-10(16-6-13-7)5-12-8(2)11(15)14-9-3-4-9/h6,8-9,12H,3-5H2,1-2H3,(H,14,15). The van der Waals surface area contributed by atoms with Crippen LogP contribution in [0.3, 0.4) is 0 Å². The van der Waals surface area contributed by atoms with Gasteiger partial charge in [-0.1, -0.05) is 0 Å². The lowest BCUT2D eigenvalue weighted by Gasteiger charge is -2.13. The molecule has 0 saturated heterocycles. The van der Waals surface area contributed by atoms with Crippen LogP contribution in [0.2, 0.25) is 0 Å². The second-order valence-corrected chi connectivity index (χ2v) is 5.19. The molecule has 0 aliphatic heterocycles. The van der Waals surface area contributed by atoms with E-state index < -0.39 is 0 Å². The summed E-state index contributed by atoms with van der Waals surface area (Å²) in [5.74, 6) is 0.102. The van der Waals surface area contributed by atoms with Crippen LogP contribution in [-0.2, 0) is 11.3 Å². The number of rotatable bonds is 5.